The normalized spacial score (nSPS) is 17.4. The van der Waals surface area contributed by atoms with E-state index in [-0.39, 0.29) is 11.5 Å². The number of halogens is 4. The average Bonchev–Trinajstić information content (AvgIpc) is 2.76. The molecule has 8 heteroatoms. The molecule has 186 valence electrons. The van der Waals surface area contributed by atoms with Gasteiger partial charge in [0.05, 0.1) is 18.3 Å². The number of alkyl halides is 3. The second-order valence-corrected chi connectivity index (χ2v) is 10.8. The van der Waals surface area contributed by atoms with Crippen LogP contribution in [-0.4, -0.2) is 36.3 Å². The molecule has 1 aliphatic heterocycles. The van der Waals surface area contributed by atoms with Crippen molar-refractivity contribution >= 4 is 22.0 Å². The van der Waals surface area contributed by atoms with Crippen molar-refractivity contribution in [1.29, 1.82) is 0 Å². The van der Waals surface area contributed by atoms with Gasteiger partial charge in [0.15, 0.2) is 0 Å². The summed E-state index contributed by atoms with van der Waals surface area (Å²) in [5.74, 6) is 0. The zero-order valence-corrected chi connectivity index (χ0v) is 21.5. The van der Waals surface area contributed by atoms with Crippen LogP contribution in [0, 0.1) is 0 Å². The molecule has 0 aliphatic carbocycles. The molecule has 1 saturated heterocycles. The van der Waals surface area contributed by atoms with Gasteiger partial charge in [-0.15, -0.1) is 0 Å². The number of amides is 1. The molecule has 2 aromatic rings. The molecule has 1 atom stereocenters. The van der Waals surface area contributed by atoms with Gasteiger partial charge in [-0.1, -0.05) is 46.3 Å². The van der Waals surface area contributed by atoms with E-state index in [1.54, 1.807) is 17.9 Å². The van der Waals surface area contributed by atoms with Crippen LogP contribution in [-0.2, 0) is 21.1 Å². The van der Waals surface area contributed by atoms with E-state index in [1.165, 1.54) is 0 Å². The van der Waals surface area contributed by atoms with E-state index in [1.807, 2.05) is 51.1 Å². The fourth-order valence-corrected chi connectivity index (χ4v) is 4.65. The van der Waals surface area contributed by atoms with Gasteiger partial charge in [-0.2, -0.15) is 13.2 Å². The summed E-state index contributed by atoms with van der Waals surface area (Å²) in [4.78, 5) is 14.2. The van der Waals surface area contributed by atoms with Gasteiger partial charge in [0.25, 0.3) is 0 Å². The number of hydrogen-bond acceptors (Lipinski definition) is 3. The number of ether oxygens (including phenoxy) is 2. The van der Waals surface area contributed by atoms with E-state index in [2.05, 4.69) is 15.9 Å². The predicted octanol–water partition coefficient (Wildman–Crippen LogP) is 7.51. The molecule has 1 aliphatic rings. The topological polar surface area (TPSA) is 38.8 Å². The van der Waals surface area contributed by atoms with Crippen molar-refractivity contribution < 1.29 is 27.4 Å². The first-order chi connectivity index (χ1) is 15.8. The number of hydrogen-bond donors (Lipinski definition) is 0. The van der Waals surface area contributed by atoms with E-state index in [0.717, 1.165) is 17.7 Å². The van der Waals surface area contributed by atoms with Crippen molar-refractivity contribution in [3.05, 3.63) is 69.7 Å². The number of likely N-dealkylation sites (tertiary alicyclic amines) is 1. The minimum Gasteiger partial charge on any atom is -0.444 e. The van der Waals surface area contributed by atoms with Gasteiger partial charge in [-0.3, -0.25) is 0 Å². The Bertz CT molecular complexity index is 981. The summed E-state index contributed by atoms with van der Waals surface area (Å²) in [5, 5.41) is 0. The molecule has 0 saturated carbocycles. The summed E-state index contributed by atoms with van der Waals surface area (Å²) in [7, 11) is 0. The van der Waals surface area contributed by atoms with Gasteiger partial charge in [-0.05, 0) is 69.9 Å². The van der Waals surface area contributed by atoms with E-state index < -0.39 is 23.4 Å². The van der Waals surface area contributed by atoms with E-state index in [0.29, 0.717) is 42.6 Å². The van der Waals surface area contributed by atoms with Gasteiger partial charge in [0, 0.05) is 23.0 Å². The molecular weight excluding hydrogens is 511 g/mol. The maximum absolute atomic E-state index is 13.3. The molecular formula is C26H31BrF3NO3. The quantitative estimate of drug-likeness (QED) is 0.393. The number of carbonyl (C=O) groups excluding carboxylic acids is 1. The number of piperidine rings is 1. The van der Waals surface area contributed by atoms with Crippen molar-refractivity contribution in [3.63, 3.8) is 0 Å². The molecule has 0 aromatic heterocycles. The Balaban J connectivity index is 1.76. The Morgan fingerprint density at radius 3 is 2.26 bits per heavy atom. The highest BCUT2D eigenvalue weighted by atomic mass is 79.9. The molecule has 0 bridgehead atoms. The van der Waals surface area contributed by atoms with Crippen LogP contribution in [0.15, 0.2) is 53.0 Å². The van der Waals surface area contributed by atoms with Crippen molar-refractivity contribution in [1.82, 2.24) is 4.90 Å². The lowest BCUT2D eigenvalue weighted by Crippen LogP contribution is -2.48. The molecule has 2 aromatic carbocycles. The number of nitrogens with zero attached hydrogens (tertiary/aromatic N) is 1. The van der Waals surface area contributed by atoms with Crippen molar-refractivity contribution in [2.75, 3.05) is 19.7 Å². The molecule has 1 amide bonds. The largest absolute Gasteiger partial charge is 0.444 e. The predicted molar refractivity (Wildman–Crippen MR) is 129 cm³/mol. The first-order valence-electron chi connectivity index (χ1n) is 11.3. The van der Waals surface area contributed by atoms with E-state index >= 15 is 0 Å². The third-order valence-corrected chi connectivity index (χ3v) is 6.54. The number of rotatable bonds is 5. The van der Waals surface area contributed by atoms with Crippen molar-refractivity contribution in [2.24, 2.45) is 0 Å². The lowest BCUT2D eigenvalue weighted by atomic mass is 9.73. The fourth-order valence-electron chi connectivity index (χ4n) is 4.14. The van der Waals surface area contributed by atoms with Crippen molar-refractivity contribution in [3.8, 4) is 0 Å². The average molecular weight is 542 g/mol. The van der Waals surface area contributed by atoms with Crippen LogP contribution in [0.25, 0.3) is 0 Å². The monoisotopic (exact) mass is 541 g/mol. The van der Waals surface area contributed by atoms with Gasteiger partial charge < -0.3 is 14.4 Å². The summed E-state index contributed by atoms with van der Waals surface area (Å²) in [6.07, 6.45) is -3.98. The Kier molecular flexibility index (Phi) is 8.03. The van der Waals surface area contributed by atoms with E-state index in [9.17, 15) is 18.0 Å². The zero-order valence-electron chi connectivity index (χ0n) is 19.9. The third kappa shape index (κ3) is 6.75. The number of benzene rings is 2. The van der Waals surface area contributed by atoms with Crippen molar-refractivity contribution in [2.45, 2.75) is 63.8 Å². The molecule has 0 N–H and O–H groups in total. The highest BCUT2D eigenvalue weighted by Crippen LogP contribution is 2.39. The van der Waals surface area contributed by atoms with Crippen LogP contribution in [0.2, 0.25) is 0 Å². The fraction of sp³-hybridized carbons (Fsp3) is 0.500. The Labute approximate surface area is 207 Å². The third-order valence-electron chi connectivity index (χ3n) is 6.08. The summed E-state index contributed by atoms with van der Waals surface area (Å²) < 4.78 is 51.9. The van der Waals surface area contributed by atoms with Gasteiger partial charge in [0.1, 0.15) is 5.60 Å². The van der Waals surface area contributed by atoms with Crippen LogP contribution in [0.3, 0.4) is 0 Å². The maximum Gasteiger partial charge on any atom is 0.416 e. The summed E-state index contributed by atoms with van der Waals surface area (Å²) in [6.45, 7) is 8.62. The highest BCUT2D eigenvalue weighted by molar-refractivity contribution is 9.10. The van der Waals surface area contributed by atoms with E-state index in [4.69, 9.17) is 9.47 Å². The molecule has 34 heavy (non-hydrogen) atoms. The molecule has 3 rings (SSSR count). The first-order valence-corrected chi connectivity index (χ1v) is 12.1. The van der Waals surface area contributed by atoms with Crippen LogP contribution in [0.1, 0.15) is 63.3 Å². The van der Waals surface area contributed by atoms with Crippen LogP contribution in [0.5, 0.6) is 0 Å². The SMILES string of the molecule is CC(OCC1(c2ccccc2)CCN(C(=O)OC(C)(C)C)CC1)c1cc(Br)cc(C(F)(F)F)c1. The zero-order chi connectivity index (χ0) is 25.1. The van der Waals surface area contributed by atoms with Gasteiger partial charge in [0.2, 0.25) is 0 Å². The summed E-state index contributed by atoms with van der Waals surface area (Å²) >= 11 is 3.18. The maximum atomic E-state index is 13.3. The molecule has 0 spiro atoms. The number of carbonyl (C=O) groups is 1. The molecule has 1 fully saturated rings. The standard InChI is InChI=1S/C26H31BrF3NO3/c1-18(19-14-21(26(28,29)30)16-22(27)15-19)33-17-25(20-8-6-5-7-9-20)10-12-31(13-11-25)23(32)34-24(2,3)4/h5-9,14-16,18H,10-13,17H2,1-4H3. The van der Waals surface area contributed by atoms with Crippen LogP contribution >= 0.6 is 15.9 Å². The minimum atomic E-state index is -4.43. The summed E-state index contributed by atoms with van der Waals surface area (Å²) in [6, 6.07) is 13.8. The van der Waals surface area contributed by atoms with Crippen LogP contribution in [0.4, 0.5) is 18.0 Å². The molecule has 0 radical (unpaired) electrons. The van der Waals surface area contributed by atoms with Crippen LogP contribution < -0.4 is 0 Å². The lowest BCUT2D eigenvalue weighted by molar-refractivity contribution is -0.137. The Hall–Kier alpha value is -2.06. The Morgan fingerprint density at radius 1 is 1.09 bits per heavy atom. The minimum absolute atomic E-state index is 0.328. The lowest BCUT2D eigenvalue weighted by Gasteiger charge is -2.42. The molecule has 1 unspecified atom stereocenters. The summed E-state index contributed by atoms with van der Waals surface area (Å²) in [5.41, 5.74) is -0.0847. The van der Waals surface area contributed by atoms with Gasteiger partial charge in [-0.25, -0.2) is 4.79 Å². The van der Waals surface area contributed by atoms with Gasteiger partial charge >= 0.3 is 12.3 Å². The highest BCUT2D eigenvalue weighted by Gasteiger charge is 2.39. The Morgan fingerprint density at radius 2 is 1.71 bits per heavy atom. The second-order valence-electron chi connectivity index (χ2n) is 9.84. The first kappa shape index (κ1) is 26.5. The smallest absolute Gasteiger partial charge is 0.416 e. The second kappa shape index (κ2) is 10.3. The molecule has 1 heterocycles. The molecule has 4 nitrogen and oxygen atoms in total.